The summed E-state index contributed by atoms with van der Waals surface area (Å²) in [6, 6.07) is 1.92. The van der Waals surface area contributed by atoms with Gasteiger partial charge < -0.3 is 15.0 Å². The zero-order chi connectivity index (χ0) is 23.4. The van der Waals surface area contributed by atoms with Gasteiger partial charge in [0.05, 0.1) is 31.9 Å². The van der Waals surface area contributed by atoms with E-state index in [9.17, 15) is 31.9 Å². The average Bonchev–Trinajstić information content (AvgIpc) is 2.95. The molecule has 9 nitrogen and oxygen atoms in total. The minimum Gasteiger partial charge on any atom is -0.442 e. The van der Waals surface area contributed by atoms with Crippen LogP contribution < -0.4 is 15.1 Å². The van der Waals surface area contributed by atoms with Crippen LogP contribution >= 0.6 is 0 Å². The fraction of sp³-hybridized carbons (Fsp3) is 0.526. The van der Waals surface area contributed by atoms with Gasteiger partial charge in [0.1, 0.15) is 11.8 Å². The minimum atomic E-state index is -3.21. The van der Waals surface area contributed by atoms with Crippen molar-refractivity contribution in [2.45, 2.75) is 25.9 Å². The van der Waals surface area contributed by atoms with Gasteiger partial charge in [0.15, 0.2) is 11.6 Å². The molecule has 2 fully saturated rings. The Hall–Kier alpha value is -3.09. The number of rotatable bonds is 6. The molecule has 0 saturated carbocycles. The Labute approximate surface area is 180 Å². The van der Waals surface area contributed by atoms with Gasteiger partial charge in [-0.25, -0.2) is 18.6 Å². The van der Waals surface area contributed by atoms with Crippen LogP contribution in [0.15, 0.2) is 12.1 Å². The van der Waals surface area contributed by atoms with E-state index in [4.69, 9.17) is 9.57 Å². The van der Waals surface area contributed by atoms with Crippen LogP contribution in [0.5, 0.6) is 0 Å². The van der Waals surface area contributed by atoms with Crippen LogP contribution in [0.3, 0.4) is 0 Å². The van der Waals surface area contributed by atoms with Gasteiger partial charge in [-0.15, -0.1) is 0 Å². The summed E-state index contributed by atoms with van der Waals surface area (Å²) in [5.41, 5.74) is -0.443. The maximum atomic E-state index is 14.8. The lowest BCUT2D eigenvalue weighted by Crippen LogP contribution is -2.37. The van der Waals surface area contributed by atoms with Crippen molar-refractivity contribution in [1.29, 1.82) is 0 Å². The first kappa shape index (κ1) is 23.6. The van der Waals surface area contributed by atoms with Crippen LogP contribution in [0.1, 0.15) is 13.3 Å². The highest BCUT2D eigenvalue weighted by Crippen LogP contribution is 2.31. The summed E-state index contributed by atoms with van der Waals surface area (Å²) < 4.78 is 59.2. The Kier molecular flexibility index (Phi) is 7.38. The summed E-state index contributed by atoms with van der Waals surface area (Å²) in [5.74, 6) is -3.62. The van der Waals surface area contributed by atoms with Crippen molar-refractivity contribution in [2.75, 3.05) is 49.1 Å². The van der Waals surface area contributed by atoms with E-state index in [1.807, 2.05) is 5.32 Å². The quantitative estimate of drug-likeness (QED) is 0.647. The van der Waals surface area contributed by atoms with Crippen molar-refractivity contribution in [2.24, 2.45) is 0 Å². The molecule has 1 atom stereocenters. The van der Waals surface area contributed by atoms with Crippen LogP contribution in [-0.2, 0) is 19.2 Å². The third-order valence-corrected chi connectivity index (χ3v) is 4.97. The maximum Gasteiger partial charge on any atom is 0.414 e. The Bertz CT molecular complexity index is 864. The lowest BCUT2D eigenvalue weighted by molar-refractivity contribution is -0.181. The number of carbonyl (C=O) groups is 3. The first-order valence-electron chi connectivity index (χ1n) is 9.92. The number of halogens is 4. The second-order valence-electron chi connectivity index (χ2n) is 7.09. The molecule has 0 aliphatic carbocycles. The molecule has 1 aromatic rings. The van der Waals surface area contributed by atoms with Crippen molar-refractivity contribution >= 4 is 29.3 Å². The van der Waals surface area contributed by atoms with E-state index in [-0.39, 0.29) is 63.0 Å². The zero-order valence-electron chi connectivity index (χ0n) is 17.2. The van der Waals surface area contributed by atoms with Crippen LogP contribution in [0.25, 0.3) is 0 Å². The van der Waals surface area contributed by atoms with Gasteiger partial charge in [0.25, 0.3) is 5.91 Å². The van der Waals surface area contributed by atoms with Crippen LogP contribution in [0, 0.1) is 11.6 Å². The van der Waals surface area contributed by atoms with E-state index in [2.05, 4.69) is 0 Å². The third-order valence-electron chi connectivity index (χ3n) is 4.97. The van der Waals surface area contributed by atoms with E-state index in [1.165, 1.54) is 4.90 Å². The van der Waals surface area contributed by atoms with Gasteiger partial charge in [-0.1, -0.05) is 6.92 Å². The number of ether oxygens (including phenoxy) is 1. The second kappa shape index (κ2) is 10.0. The summed E-state index contributed by atoms with van der Waals surface area (Å²) in [5, 5.41) is 3.09. The number of hydrogen-bond donors (Lipinski definition) is 1. The number of benzene rings is 1. The molecule has 0 bridgehead atoms. The van der Waals surface area contributed by atoms with Gasteiger partial charge in [-0.3, -0.25) is 19.3 Å². The predicted molar refractivity (Wildman–Crippen MR) is 103 cm³/mol. The molecule has 32 heavy (non-hydrogen) atoms. The van der Waals surface area contributed by atoms with E-state index in [0.717, 1.165) is 22.1 Å². The van der Waals surface area contributed by atoms with Gasteiger partial charge in [-0.05, 0) is 0 Å². The molecular weight excluding hydrogens is 440 g/mol. The number of hydroxylamine groups is 2. The van der Waals surface area contributed by atoms with E-state index >= 15 is 0 Å². The summed E-state index contributed by atoms with van der Waals surface area (Å²) in [7, 11) is 0. The molecule has 0 radical (unpaired) electrons. The molecule has 2 heterocycles. The standard InChI is InChI=1S/C19H22F4N4O5/c1-2-15(28)27-4-3-25(5-6-31-27)16-13(20)7-11(8-14(16)21)26-10-12(32-19(26)30)9-24-18(29)17(22)23/h7-8,12,17H,2-6,9-10H2,1H3,(H,24,29)/t12-/m0/s1. The third kappa shape index (κ3) is 5.21. The van der Waals surface area contributed by atoms with E-state index in [1.54, 1.807) is 6.92 Å². The van der Waals surface area contributed by atoms with Crippen molar-refractivity contribution in [3.8, 4) is 0 Å². The molecule has 2 saturated heterocycles. The molecule has 1 aromatic carbocycles. The highest BCUT2D eigenvalue weighted by molar-refractivity contribution is 5.90. The number of cyclic esters (lactones) is 1. The Morgan fingerprint density at radius 1 is 1.19 bits per heavy atom. The van der Waals surface area contributed by atoms with Gasteiger partial charge >= 0.3 is 12.5 Å². The van der Waals surface area contributed by atoms with Gasteiger partial charge in [-0.2, -0.15) is 8.78 Å². The normalized spacial score (nSPS) is 19.2. The molecule has 0 spiro atoms. The maximum absolute atomic E-state index is 14.8. The first-order chi connectivity index (χ1) is 15.2. The molecule has 0 aromatic heterocycles. The average molecular weight is 462 g/mol. The molecule has 1 N–H and O–H groups in total. The SMILES string of the molecule is CCC(=O)N1CCN(c2c(F)cc(N3C[C@H](CNC(=O)C(F)F)OC3=O)cc2F)CCO1. The lowest BCUT2D eigenvalue weighted by Gasteiger charge is -2.24. The van der Waals surface area contributed by atoms with Crippen molar-refractivity contribution in [3.63, 3.8) is 0 Å². The fourth-order valence-corrected chi connectivity index (χ4v) is 3.39. The molecule has 176 valence electrons. The number of nitrogens with one attached hydrogen (secondary N) is 1. The molecule has 2 aliphatic heterocycles. The summed E-state index contributed by atoms with van der Waals surface area (Å²) in [4.78, 5) is 42.5. The van der Waals surface area contributed by atoms with Gasteiger partial charge in [0.2, 0.25) is 5.91 Å². The Morgan fingerprint density at radius 2 is 1.88 bits per heavy atom. The molecule has 0 unspecified atom stereocenters. The van der Waals surface area contributed by atoms with Crippen molar-refractivity contribution < 1.29 is 41.5 Å². The van der Waals surface area contributed by atoms with Crippen LogP contribution in [0.4, 0.5) is 33.7 Å². The second-order valence-corrected chi connectivity index (χ2v) is 7.09. The van der Waals surface area contributed by atoms with E-state index in [0.29, 0.717) is 0 Å². The number of alkyl halides is 2. The summed E-state index contributed by atoms with van der Waals surface area (Å²) >= 11 is 0. The van der Waals surface area contributed by atoms with Gasteiger partial charge in [0, 0.05) is 31.6 Å². The Morgan fingerprint density at radius 3 is 2.50 bits per heavy atom. The number of carbonyl (C=O) groups excluding carboxylic acids is 3. The first-order valence-corrected chi connectivity index (χ1v) is 9.92. The summed E-state index contributed by atoms with van der Waals surface area (Å²) in [6.07, 6.45) is -4.86. The number of anilines is 2. The molecular formula is C19H22F4N4O5. The molecule has 2 aliphatic rings. The number of amides is 3. The van der Waals surface area contributed by atoms with Crippen molar-refractivity contribution in [3.05, 3.63) is 23.8 Å². The smallest absolute Gasteiger partial charge is 0.414 e. The van der Waals surface area contributed by atoms with Crippen molar-refractivity contribution in [1.82, 2.24) is 10.4 Å². The number of hydrogen-bond acceptors (Lipinski definition) is 6. The predicted octanol–water partition coefficient (Wildman–Crippen LogP) is 1.66. The fourth-order valence-electron chi connectivity index (χ4n) is 3.39. The Balaban J connectivity index is 1.70. The monoisotopic (exact) mass is 462 g/mol. The molecule has 3 rings (SSSR count). The number of nitrogens with zero attached hydrogens (tertiary/aromatic N) is 3. The summed E-state index contributed by atoms with van der Waals surface area (Å²) in [6.45, 7) is 1.57. The van der Waals surface area contributed by atoms with E-state index < -0.39 is 36.2 Å². The molecule has 13 heteroatoms. The van der Waals surface area contributed by atoms with Crippen LogP contribution in [-0.4, -0.2) is 74.8 Å². The molecule has 3 amide bonds. The highest BCUT2D eigenvalue weighted by atomic mass is 19.3. The topological polar surface area (TPSA) is 91.4 Å². The minimum absolute atomic E-state index is 0.0524. The largest absolute Gasteiger partial charge is 0.442 e. The van der Waals surface area contributed by atoms with Crippen LogP contribution in [0.2, 0.25) is 0 Å². The zero-order valence-corrected chi connectivity index (χ0v) is 17.2. The highest BCUT2D eigenvalue weighted by Gasteiger charge is 2.34. The lowest BCUT2D eigenvalue weighted by atomic mass is 10.2.